The lowest BCUT2D eigenvalue weighted by molar-refractivity contribution is 0.138. The quantitative estimate of drug-likeness (QED) is 0.734. The Kier molecular flexibility index (Phi) is 6.31. The molecule has 0 aromatic rings. The molecule has 1 rings (SSSR count). The summed E-state index contributed by atoms with van der Waals surface area (Å²) in [5.74, 6) is 0. The molecular weight excluding hydrogens is 242 g/mol. The smallest absolute Gasteiger partial charge is 0.317 e. The minimum atomic E-state index is -0.492. The molecular formula is C14H27N3O2. The highest BCUT2D eigenvalue weighted by molar-refractivity contribution is 5.74. The van der Waals surface area contributed by atoms with Gasteiger partial charge in [0.15, 0.2) is 0 Å². The molecule has 1 unspecified atom stereocenters. The highest BCUT2D eigenvalue weighted by Gasteiger charge is 2.21. The molecule has 0 aliphatic carbocycles. The van der Waals surface area contributed by atoms with Crippen LogP contribution in [0.2, 0.25) is 0 Å². The number of aliphatic hydroxyl groups is 1. The Hall–Kier alpha value is -1.07. The number of carbonyl (C=O) groups excluding carboxylic acids is 1. The van der Waals surface area contributed by atoms with Gasteiger partial charge in [-0.15, -0.1) is 0 Å². The van der Waals surface area contributed by atoms with E-state index in [9.17, 15) is 9.90 Å². The molecule has 19 heavy (non-hydrogen) atoms. The summed E-state index contributed by atoms with van der Waals surface area (Å²) in [6.07, 6.45) is 1.46. The van der Waals surface area contributed by atoms with E-state index in [-0.39, 0.29) is 12.1 Å². The van der Waals surface area contributed by atoms with Crippen LogP contribution in [0.3, 0.4) is 0 Å². The summed E-state index contributed by atoms with van der Waals surface area (Å²) in [4.78, 5) is 15.8. The topological polar surface area (TPSA) is 55.8 Å². The first-order chi connectivity index (χ1) is 8.88. The number of piperidine rings is 1. The van der Waals surface area contributed by atoms with Crippen LogP contribution in [0, 0.1) is 0 Å². The van der Waals surface area contributed by atoms with Gasteiger partial charge >= 0.3 is 6.03 Å². The third kappa shape index (κ3) is 6.07. The van der Waals surface area contributed by atoms with E-state index in [1.165, 1.54) is 10.5 Å². The monoisotopic (exact) mass is 269 g/mol. The summed E-state index contributed by atoms with van der Waals surface area (Å²) in [6, 6.07) is 0.143. The lowest BCUT2D eigenvalue weighted by Crippen LogP contribution is -2.49. The first kappa shape index (κ1) is 16.0. The van der Waals surface area contributed by atoms with Crippen LogP contribution in [0.1, 0.15) is 26.7 Å². The van der Waals surface area contributed by atoms with E-state index in [0.29, 0.717) is 6.54 Å². The maximum absolute atomic E-state index is 11.9. The van der Waals surface area contributed by atoms with Crippen molar-refractivity contribution in [2.45, 2.75) is 38.8 Å². The average molecular weight is 269 g/mol. The van der Waals surface area contributed by atoms with Crippen LogP contribution in [-0.2, 0) is 0 Å². The van der Waals surface area contributed by atoms with Gasteiger partial charge in [0.25, 0.3) is 0 Å². The fraction of sp³-hybridized carbons (Fsp3) is 0.786. The van der Waals surface area contributed by atoms with Gasteiger partial charge in [-0.3, -0.25) is 4.90 Å². The zero-order valence-electron chi connectivity index (χ0n) is 12.4. The number of urea groups is 1. The number of likely N-dealkylation sites (tertiary alicyclic amines) is 1. The molecule has 0 aromatic heterocycles. The average Bonchev–Trinajstić information content (AvgIpc) is 2.30. The Morgan fingerprint density at radius 3 is 2.58 bits per heavy atom. The van der Waals surface area contributed by atoms with Crippen LogP contribution < -0.4 is 5.32 Å². The third-order valence-electron chi connectivity index (χ3n) is 3.29. The molecule has 2 amide bonds. The van der Waals surface area contributed by atoms with Gasteiger partial charge < -0.3 is 15.3 Å². The Morgan fingerprint density at radius 2 is 2.11 bits per heavy atom. The molecule has 0 aromatic carbocycles. The number of carbonyl (C=O) groups is 1. The fourth-order valence-corrected chi connectivity index (χ4v) is 2.38. The second-order valence-electron chi connectivity index (χ2n) is 5.69. The van der Waals surface area contributed by atoms with Crippen molar-refractivity contribution >= 4 is 6.03 Å². The summed E-state index contributed by atoms with van der Waals surface area (Å²) in [5.41, 5.74) is 1.18. The Bertz CT molecular complexity index is 310. The van der Waals surface area contributed by atoms with E-state index in [0.717, 1.165) is 32.5 Å². The molecule has 1 aliphatic rings. The molecule has 1 aliphatic heterocycles. The molecule has 1 atom stereocenters. The summed E-state index contributed by atoms with van der Waals surface area (Å²) in [6.45, 7) is 11.0. The van der Waals surface area contributed by atoms with Gasteiger partial charge in [-0.2, -0.15) is 0 Å². The highest BCUT2D eigenvalue weighted by Crippen LogP contribution is 2.11. The largest absolute Gasteiger partial charge is 0.392 e. The molecule has 5 heteroatoms. The van der Waals surface area contributed by atoms with Gasteiger partial charge in [0.1, 0.15) is 0 Å². The molecule has 1 fully saturated rings. The second-order valence-corrected chi connectivity index (χ2v) is 5.69. The lowest BCUT2D eigenvalue weighted by atomic mass is 10.0. The van der Waals surface area contributed by atoms with Crippen LogP contribution >= 0.6 is 0 Å². The molecule has 5 nitrogen and oxygen atoms in total. The zero-order chi connectivity index (χ0) is 14.4. The summed E-state index contributed by atoms with van der Waals surface area (Å²) < 4.78 is 0. The number of hydrogen-bond donors (Lipinski definition) is 2. The SMILES string of the molecule is C=C(C)CN1CCC(NC(=O)N(C)CC(C)O)CC1. The van der Waals surface area contributed by atoms with Crippen molar-refractivity contribution in [3.63, 3.8) is 0 Å². The van der Waals surface area contributed by atoms with Gasteiger partial charge in [-0.1, -0.05) is 12.2 Å². The van der Waals surface area contributed by atoms with E-state index in [2.05, 4.69) is 16.8 Å². The van der Waals surface area contributed by atoms with E-state index in [1.54, 1.807) is 14.0 Å². The number of hydrogen-bond acceptors (Lipinski definition) is 3. The normalized spacial score (nSPS) is 18.9. The summed E-state index contributed by atoms with van der Waals surface area (Å²) >= 11 is 0. The molecule has 1 saturated heterocycles. The molecule has 0 spiro atoms. The molecule has 0 saturated carbocycles. The van der Waals surface area contributed by atoms with E-state index >= 15 is 0 Å². The molecule has 0 bridgehead atoms. The summed E-state index contributed by atoms with van der Waals surface area (Å²) in [7, 11) is 1.71. The lowest BCUT2D eigenvalue weighted by Gasteiger charge is -2.33. The third-order valence-corrected chi connectivity index (χ3v) is 3.29. The minimum Gasteiger partial charge on any atom is -0.392 e. The second kappa shape index (κ2) is 7.50. The van der Waals surface area contributed by atoms with Gasteiger partial charge in [0.2, 0.25) is 0 Å². The van der Waals surface area contributed by atoms with Crippen LogP contribution in [-0.4, -0.2) is 66.3 Å². The van der Waals surface area contributed by atoms with Crippen molar-refractivity contribution in [3.8, 4) is 0 Å². The highest BCUT2D eigenvalue weighted by atomic mass is 16.3. The fourth-order valence-electron chi connectivity index (χ4n) is 2.38. The van der Waals surface area contributed by atoms with Crippen molar-refractivity contribution in [1.82, 2.24) is 15.1 Å². The van der Waals surface area contributed by atoms with Crippen molar-refractivity contribution in [1.29, 1.82) is 0 Å². The van der Waals surface area contributed by atoms with Crippen LogP contribution in [0.5, 0.6) is 0 Å². The van der Waals surface area contributed by atoms with Crippen molar-refractivity contribution in [2.24, 2.45) is 0 Å². The predicted octanol–water partition coefficient (Wildman–Crippen LogP) is 1.05. The van der Waals surface area contributed by atoms with Gasteiger partial charge in [0.05, 0.1) is 6.10 Å². The number of aliphatic hydroxyl groups excluding tert-OH is 1. The van der Waals surface area contributed by atoms with E-state index in [1.807, 2.05) is 6.92 Å². The first-order valence-electron chi connectivity index (χ1n) is 6.95. The van der Waals surface area contributed by atoms with Crippen molar-refractivity contribution in [3.05, 3.63) is 12.2 Å². The Labute approximate surface area is 116 Å². The number of nitrogens with one attached hydrogen (secondary N) is 1. The van der Waals surface area contributed by atoms with E-state index < -0.39 is 6.10 Å². The first-order valence-corrected chi connectivity index (χ1v) is 6.95. The van der Waals surface area contributed by atoms with Crippen LogP contribution in [0.4, 0.5) is 4.79 Å². The molecule has 2 N–H and O–H groups in total. The maximum atomic E-state index is 11.9. The zero-order valence-corrected chi connectivity index (χ0v) is 12.4. The maximum Gasteiger partial charge on any atom is 0.317 e. The molecule has 1 heterocycles. The number of nitrogens with zero attached hydrogens (tertiary/aromatic N) is 2. The number of likely N-dealkylation sites (N-methyl/N-ethyl adjacent to an activating group) is 1. The minimum absolute atomic E-state index is 0.0979. The van der Waals surface area contributed by atoms with Gasteiger partial charge in [-0.05, 0) is 26.7 Å². The molecule has 0 radical (unpaired) electrons. The van der Waals surface area contributed by atoms with E-state index in [4.69, 9.17) is 0 Å². The van der Waals surface area contributed by atoms with Crippen molar-refractivity contribution < 1.29 is 9.90 Å². The Morgan fingerprint density at radius 1 is 1.53 bits per heavy atom. The Balaban J connectivity index is 2.28. The van der Waals surface area contributed by atoms with Crippen molar-refractivity contribution in [2.75, 3.05) is 33.2 Å². The number of rotatable bonds is 5. The van der Waals surface area contributed by atoms with Gasteiger partial charge in [-0.25, -0.2) is 4.79 Å². The van der Waals surface area contributed by atoms with Crippen LogP contribution in [0.25, 0.3) is 0 Å². The summed E-state index contributed by atoms with van der Waals surface area (Å²) in [5, 5.41) is 12.3. The standard InChI is InChI=1S/C14H27N3O2/c1-11(2)9-17-7-5-13(6-8-17)15-14(19)16(4)10-12(3)18/h12-13,18H,1,5-10H2,2-4H3,(H,15,19). The van der Waals surface area contributed by atoms with Crippen LogP contribution in [0.15, 0.2) is 12.2 Å². The van der Waals surface area contributed by atoms with Gasteiger partial charge in [0, 0.05) is 39.3 Å². The number of amides is 2. The molecule has 110 valence electrons. The predicted molar refractivity (Wildman–Crippen MR) is 77.1 cm³/mol.